The van der Waals surface area contributed by atoms with Crippen molar-refractivity contribution in [2.24, 2.45) is 5.92 Å². The second-order valence-corrected chi connectivity index (χ2v) is 4.08. The van der Waals surface area contributed by atoms with Gasteiger partial charge in [-0.1, -0.05) is 5.92 Å². The van der Waals surface area contributed by atoms with Crippen LogP contribution in [0.1, 0.15) is 18.5 Å². The van der Waals surface area contributed by atoms with Crippen LogP contribution in [0.25, 0.3) is 0 Å². The van der Waals surface area contributed by atoms with Crippen LogP contribution in [0.15, 0.2) is 12.5 Å². The van der Waals surface area contributed by atoms with Gasteiger partial charge in [0.1, 0.15) is 0 Å². The van der Waals surface area contributed by atoms with Gasteiger partial charge in [0, 0.05) is 18.3 Å². The van der Waals surface area contributed by atoms with Gasteiger partial charge in [0.2, 0.25) is 0 Å². The van der Waals surface area contributed by atoms with E-state index >= 15 is 0 Å². The Balaban J connectivity index is 1.77. The molecule has 3 nitrogen and oxygen atoms in total. The highest BCUT2D eigenvalue weighted by atomic mass is 15.0. The molecule has 15 heavy (non-hydrogen) atoms. The lowest BCUT2D eigenvalue weighted by atomic mass is 10.1. The minimum absolute atomic E-state index is 0.765. The number of hydrogen-bond acceptors (Lipinski definition) is 2. The highest BCUT2D eigenvalue weighted by molar-refractivity contribution is 5.04. The van der Waals surface area contributed by atoms with Crippen LogP contribution in [0.2, 0.25) is 0 Å². The predicted molar refractivity (Wildman–Crippen MR) is 60.3 cm³/mol. The van der Waals surface area contributed by atoms with Gasteiger partial charge in [-0.15, -0.1) is 5.92 Å². The van der Waals surface area contributed by atoms with Crippen molar-refractivity contribution in [2.75, 3.05) is 13.1 Å². The summed E-state index contributed by atoms with van der Waals surface area (Å²) in [6.07, 6.45) is 6.00. The van der Waals surface area contributed by atoms with Crippen molar-refractivity contribution in [3.63, 3.8) is 0 Å². The summed E-state index contributed by atoms with van der Waals surface area (Å²) in [6, 6.07) is 0. The van der Waals surface area contributed by atoms with E-state index in [1.165, 1.54) is 12.1 Å². The van der Waals surface area contributed by atoms with Crippen molar-refractivity contribution >= 4 is 0 Å². The van der Waals surface area contributed by atoms with Gasteiger partial charge in [-0.25, -0.2) is 4.98 Å². The van der Waals surface area contributed by atoms with Gasteiger partial charge in [-0.2, -0.15) is 0 Å². The standard InChI is InChI=1S/C12H17N3/c1-11-8-14-10-15(11)7-3-2-4-12-5-6-13-9-12/h8,10,12-13H,4-7,9H2,1H3. The Bertz CT molecular complexity index is 364. The molecule has 2 heterocycles. The molecule has 1 fully saturated rings. The highest BCUT2D eigenvalue weighted by Gasteiger charge is 2.11. The number of nitrogens with zero attached hydrogens (tertiary/aromatic N) is 2. The van der Waals surface area contributed by atoms with E-state index in [-0.39, 0.29) is 0 Å². The van der Waals surface area contributed by atoms with Gasteiger partial charge in [-0.3, -0.25) is 0 Å². The van der Waals surface area contributed by atoms with Gasteiger partial charge in [-0.05, 0) is 32.4 Å². The lowest BCUT2D eigenvalue weighted by molar-refractivity contribution is 0.602. The van der Waals surface area contributed by atoms with Crippen LogP contribution in [0.4, 0.5) is 0 Å². The second kappa shape index (κ2) is 4.99. The maximum Gasteiger partial charge on any atom is 0.0956 e. The van der Waals surface area contributed by atoms with Crippen LogP contribution in [0.5, 0.6) is 0 Å². The monoisotopic (exact) mass is 203 g/mol. The van der Waals surface area contributed by atoms with Crippen LogP contribution in [-0.4, -0.2) is 22.6 Å². The van der Waals surface area contributed by atoms with Crippen molar-refractivity contribution in [3.8, 4) is 11.8 Å². The molecule has 1 N–H and O–H groups in total. The van der Waals surface area contributed by atoms with Crippen molar-refractivity contribution in [1.82, 2.24) is 14.9 Å². The van der Waals surface area contributed by atoms with E-state index in [0.717, 1.165) is 32.0 Å². The maximum atomic E-state index is 4.06. The number of nitrogens with one attached hydrogen (secondary N) is 1. The number of imidazole rings is 1. The Kier molecular flexibility index (Phi) is 3.41. The molecule has 0 amide bonds. The molecular weight excluding hydrogens is 186 g/mol. The molecule has 0 aliphatic carbocycles. The topological polar surface area (TPSA) is 29.9 Å². The molecule has 0 aromatic carbocycles. The third-order valence-electron chi connectivity index (χ3n) is 2.85. The normalized spacial score (nSPS) is 19.9. The third-order valence-corrected chi connectivity index (χ3v) is 2.85. The largest absolute Gasteiger partial charge is 0.323 e. The number of aryl methyl sites for hydroxylation is 1. The number of aromatic nitrogens is 2. The molecule has 1 aliphatic heterocycles. The SMILES string of the molecule is Cc1cncn1CC#CCC1CCNC1. The van der Waals surface area contributed by atoms with Crippen LogP contribution in [0.3, 0.4) is 0 Å². The molecule has 1 saturated heterocycles. The fourth-order valence-electron chi connectivity index (χ4n) is 1.80. The zero-order chi connectivity index (χ0) is 10.5. The second-order valence-electron chi connectivity index (χ2n) is 4.08. The van der Waals surface area contributed by atoms with Crippen molar-refractivity contribution < 1.29 is 0 Å². The summed E-state index contributed by atoms with van der Waals surface area (Å²) in [5, 5.41) is 3.35. The Morgan fingerprint density at radius 1 is 1.60 bits per heavy atom. The van der Waals surface area contributed by atoms with Gasteiger partial charge in [0.15, 0.2) is 0 Å². The van der Waals surface area contributed by atoms with Gasteiger partial charge in [0.25, 0.3) is 0 Å². The average molecular weight is 203 g/mol. The lowest BCUT2D eigenvalue weighted by Crippen LogP contribution is -2.08. The number of hydrogen-bond donors (Lipinski definition) is 1. The van der Waals surface area contributed by atoms with Crippen molar-refractivity contribution in [3.05, 3.63) is 18.2 Å². The molecular formula is C12H17N3. The minimum atomic E-state index is 0.765. The van der Waals surface area contributed by atoms with E-state index in [4.69, 9.17) is 0 Å². The average Bonchev–Trinajstić information content (AvgIpc) is 2.85. The lowest BCUT2D eigenvalue weighted by Gasteiger charge is -2.00. The van der Waals surface area contributed by atoms with E-state index in [9.17, 15) is 0 Å². The summed E-state index contributed by atoms with van der Waals surface area (Å²) in [5.41, 5.74) is 1.17. The van der Waals surface area contributed by atoms with Crippen molar-refractivity contribution in [1.29, 1.82) is 0 Å². The first-order valence-electron chi connectivity index (χ1n) is 5.49. The highest BCUT2D eigenvalue weighted by Crippen LogP contribution is 2.10. The zero-order valence-electron chi connectivity index (χ0n) is 9.16. The first-order valence-corrected chi connectivity index (χ1v) is 5.49. The summed E-state index contributed by atoms with van der Waals surface area (Å²) >= 11 is 0. The van der Waals surface area contributed by atoms with Crippen LogP contribution in [-0.2, 0) is 6.54 Å². The molecule has 2 rings (SSSR count). The summed E-state index contributed by atoms with van der Waals surface area (Å²) in [6.45, 7) is 5.12. The molecule has 0 saturated carbocycles. The molecule has 1 aromatic heterocycles. The van der Waals surface area contributed by atoms with E-state index in [2.05, 4.69) is 33.6 Å². The minimum Gasteiger partial charge on any atom is -0.323 e. The van der Waals surface area contributed by atoms with Gasteiger partial charge >= 0.3 is 0 Å². The van der Waals surface area contributed by atoms with Gasteiger partial charge < -0.3 is 9.88 Å². The summed E-state index contributed by atoms with van der Waals surface area (Å²) in [7, 11) is 0. The van der Waals surface area contributed by atoms with E-state index in [0.29, 0.717) is 0 Å². The van der Waals surface area contributed by atoms with Crippen LogP contribution >= 0.6 is 0 Å². The van der Waals surface area contributed by atoms with Crippen LogP contribution in [0, 0.1) is 24.7 Å². The third kappa shape index (κ3) is 2.84. The number of rotatable bonds is 2. The first kappa shape index (κ1) is 10.3. The Morgan fingerprint density at radius 2 is 2.53 bits per heavy atom. The molecule has 0 bridgehead atoms. The van der Waals surface area contributed by atoms with Gasteiger partial charge in [0.05, 0.1) is 12.9 Å². The van der Waals surface area contributed by atoms with Crippen molar-refractivity contribution in [2.45, 2.75) is 26.3 Å². The molecule has 1 aliphatic rings. The molecule has 0 radical (unpaired) electrons. The molecule has 1 atom stereocenters. The predicted octanol–water partition coefficient (Wildman–Crippen LogP) is 1.19. The summed E-state index contributed by atoms with van der Waals surface area (Å²) in [4.78, 5) is 4.06. The summed E-state index contributed by atoms with van der Waals surface area (Å²) < 4.78 is 2.07. The molecule has 3 heteroatoms. The first-order chi connectivity index (χ1) is 7.36. The zero-order valence-corrected chi connectivity index (χ0v) is 9.16. The molecule has 0 spiro atoms. The van der Waals surface area contributed by atoms with E-state index in [1.807, 2.05) is 12.5 Å². The molecule has 1 unspecified atom stereocenters. The maximum absolute atomic E-state index is 4.06. The summed E-state index contributed by atoms with van der Waals surface area (Å²) in [5.74, 6) is 7.22. The van der Waals surface area contributed by atoms with E-state index < -0.39 is 0 Å². The fourth-order valence-corrected chi connectivity index (χ4v) is 1.80. The Morgan fingerprint density at radius 3 is 3.20 bits per heavy atom. The smallest absolute Gasteiger partial charge is 0.0956 e. The molecule has 80 valence electrons. The quantitative estimate of drug-likeness (QED) is 0.732. The van der Waals surface area contributed by atoms with E-state index in [1.54, 1.807) is 0 Å². The fraction of sp³-hybridized carbons (Fsp3) is 0.583. The molecule has 1 aromatic rings. The van der Waals surface area contributed by atoms with Crippen LogP contribution < -0.4 is 5.32 Å². The Labute approximate surface area is 90.9 Å². The Hall–Kier alpha value is -1.27.